The maximum atomic E-state index is 11.9. The summed E-state index contributed by atoms with van der Waals surface area (Å²) in [5.41, 5.74) is 6.17. The second kappa shape index (κ2) is 7.75. The molecule has 1 aromatic rings. The lowest BCUT2D eigenvalue weighted by atomic mass is 10.1. The fraction of sp³-hybridized carbons (Fsp3) is 0.385. The van der Waals surface area contributed by atoms with Gasteiger partial charge >= 0.3 is 5.97 Å². The Morgan fingerprint density at radius 2 is 2.05 bits per heavy atom. The van der Waals surface area contributed by atoms with Gasteiger partial charge in [0.25, 0.3) is 0 Å². The molecule has 1 rings (SSSR count). The van der Waals surface area contributed by atoms with Crippen molar-refractivity contribution in [2.24, 2.45) is 11.7 Å². The molecular formula is C13H16Br2N2O3. The van der Waals surface area contributed by atoms with Crippen LogP contribution in [0, 0.1) is 5.92 Å². The van der Waals surface area contributed by atoms with Crippen molar-refractivity contribution in [2.45, 2.75) is 13.3 Å². The second-order valence-corrected chi connectivity index (χ2v) is 6.16. The number of nitrogens with one attached hydrogen (secondary N) is 1. The Hall–Kier alpha value is -0.920. The van der Waals surface area contributed by atoms with Gasteiger partial charge in [0.05, 0.1) is 18.4 Å². The summed E-state index contributed by atoms with van der Waals surface area (Å²) in [5, 5.41) is 2.72. The van der Waals surface area contributed by atoms with Crippen molar-refractivity contribution in [3.63, 3.8) is 0 Å². The number of esters is 1. The summed E-state index contributed by atoms with van der Waals surface area (Å²) in [5.74, 6) is -0.643. The van der Waals surface area contributed by atoms with E-state index in [1.807, 2.05) is 6.92 Å². The Morgan fingerprint density at radius 3 is 2.60 bits per heavy atom. The lowest BCUT2D eigenvalue weighted by Gasteiger charge is -2.14. The van der Waals surface area contributed by atoms with E-state index >= 15 is 0 Å². The Kier molecular flexibility index (Phi) is 6.64. The van der Waals surface area contributed by atoms with Crippen LogP contribution in [-0.4, -0.2) is 25.5 Å². The maximum absolute atomic E-state index is 11.9. The van der Waals surface area contributed by atoms with Crippen molar-refractivity contribution >= 4 is 49.4 Å². The number of benzene rings is 1. The molecule has 0 heterocycles. The molecule has 1 aromatic carbocycles. The summed E-state index contributed by atoms with van der Waals surface area (Å²) >= 11 is 6.63. The third kappa shape index (κ3) is 4.57. The molecule has 0 aromatic heterocycles. The summed E-state index contributed by atoms with van der Waals surface area (Å²) < 4.78 is 6.02. The van der Waals surface area contributed by atoms with E-state index in [-0.39, 0.29) is 17.4 Å². The minimum Gasteiger partial charge on any atom is -0.465 e. The first-order valence-electron chi connectivity index (χ1n) is 5.96. The Bertz CT molecular complexity index is 521. The lowest BCUT2D eigenvalue weighted by molar-refractivity contribution is -0.116. The van der Waals surface area contributed by atoms with Crippen molar-refractivity contribution in [1.29, 1.82) is 0 Å². The van der Waals surface area contributed by atoms with Gasteiger partial charge in [0.1, 0.15) is 0 Å². The first-order chi connectivity index (χ1) is 9.38. The van der Waals surface area contributed by atoms with Crippen LogP contribution in [0.4, 0.5) is 5.69 Å². The molecule has 1 unspecified atom stereocenters. The lowest BCUT2D eigenvalue weighted by Crippen LogP contribution is -2.21. The molecule has 7 heteroatoms. The average Bonchev–Trinajstić information content (AvgIpc) is 2.40. The Balaban J connectivity index is 3.04. The molecule has 0 spiro atoms. The zero-order valence-corrected chi connectivity index (χ0v) is 14.4. The number of hydrogen-bond acceptors (Lipinski definition) is 4. The summed E-state index contributed by atoms with van der Waals surface area (Å²) in [4.78, 5) is 23.7. The summed E-state index contributed by atoms with van der Waals surface area (Å²) in [6.07, 6.45) is 0.291. The topological polar surface area (TPSA) is 81.4 Å². The number of methoxy groups -OCH3 is 1. The number of amides is 1. The van der Waals surface area contributed by atoms with Gasteiger partial charge in [0, 0.05) is 15.4 Å². The highest BCUT2D eigenvalue weighted by atomic mass is 79.9. The van der Waals surface area contributed by atoms with Crippen molar-refractivity contribution in [2.75, 3.05) is 19.0 Å². The van der Waals surface area contributed by atoms with E-state index in [1.54, 1.807) is 12.1 Å². The largest absolute Gasteiger partial charge is 0.465 e. The van der Waals surface area contributed by atoms with Crippen LogP contribution in [-0.2, 0) is 9.53 Å². The zero-order valence-electron chi connectivity index (χ0n) is 11.2. The number of rotatable bonds is 5. The molecular weight excluding hydrogens is 392 g/mol. The fourth-order valence-corrected chi connectivity index (χ4v) is 2.89. The van der Waals surface area contributed by atoms with E-state index in [4.69, 9.17) is 10.5 Å². The van der Waals surface area contributed by atoms with Gasteiger partial charge < -0.3 is 15.8 Å². The molecule has 20 heavy (non-hydrogen) atoms. The minimum atomic E-state index is -0.519. The van der Waals surface area contributed by atoms with Gasteiger partial charge in [-0.05, 0) is 40.5 Å². The molecule has 5 nitrogen and oxygen atoms in total. The van der Waals surface area contributed by atoms with E-state index in [0.29, 0.717) is 27.6 Å². The van der Waals surface area contributed by atoms with E-state index < -0.39 is 5.97 Å². The van der Waals surface area contributed by atoms with Gasteiger partial charge in [-0.25, -0.2) is 4.79 Å². The highest BCUT2D eigenvalue weighted by Crippen LogP contribution is 2.31. The summed E-state index contributed by atoms with van der Waals surface area (Å²) in [6.45, 7) is 2.32. The standard InChI is InChI=1S/C13H16Br2N2O3/c1-7(6-16)3-11(18)17-12-9(13(19)20-2)4-8(14)5-10(12)15/h4-5,7H,3,6,16H2,1-2H3,(H,17,18). The summed E-state index contributed by atoms with van der Waals surface area (Å²) in [7, 11) is 1.29. The normalized spacial score (nSPS) is 11.8. The van der Waals surface area contributed by atoms with Gasteiger partial charge in [0.2, 0.25) is 5.91 Å². The van der Waals surface area contributed by atoms with Crippen molar-refractivity contribution in [1.82, 2.24) is 0 Å². The quantitative estimate of drug-likeness (QED) is 0.735. The number of nitrogens with two attached hydrogens (primary N) is 1. The SMILES string of the molecule is COC(=O)c1cc(Br)cc(Br)c1NC(=O)CC(C)CN. The number of halogens is 2. The smallest absolute Gasteiger partial charge is 0.340 e. The first kappa shape index (κ1) is 17.1. The van der Waals surface area contributed by atoms with Crippen LogP contribution in [0.3, 0.4) is 0 Å². The summed E-state index contributed by atoms with van der Waals surface area (Å²) in [6, 6.07) is 3.34. The highest BCUT2D eigenvalue weighted by Gasteiger charge is 2.18. The molecule has 0 bridgehead atoms. The average molecular weight is 408 g/mol. The third-order valence-corrected chi connectivity index (χ3v) is 3.74. The molecule has 0 radical (unpaired) electrons. The molecule has 0 aliphatic carbocycles. The van der Waals surface area contributed by atoms with Crippen LogP contribution < -0.4 is 11.1 Å². The molecule has 1 amide bonds. The van der Waals surface area contributed by atoms with E-state index in [9.17, 15) is 9.59 Å². The highest BCUT2D eigenvalue weighted by molar-refractivity contribution is 9.11. The predicted octanol–water partition coefficient (Wildman–Crippen LogP) is 2.92. The van der Waals surface area contributed by atoms with Crippen LogP contribution in [0.15, 0.2) is 21.1 Å². The number of carbonyl (C=O) groups is 2. The van der Waals surface area contributed by atoms with Gasteiger partial charge in [0.15, 0.2) is 0 Å². The number of carbonyl (C=O) groups excluding carboxylic acids is 2. The second-order valence-electron chi connectivity index (χ2n) is 4.39. The fourth-order valence-electron chi connectivity index (χ4n) is 1.56. The number of hydrogen-bond donors (Lipinski definition) is 2. The number of ether oxygens (including phenoxy) is 1. The van der Waals surface area contributed by atoms with Crippen LogP contribution in [0.2, 0.25) is 0 Å². The Morgan fingerprint density at radius 1 is 1.40 bits per heavy atom. The minimum absolute atomic E-state index is 0.0748. The van der Waals surface area contributed by atoms with E-state index in [1.165, 1.54) is 7.11 Å². The van der Waals surface area contributed by atoms with Crippen LogP contribution in [0.5, 0.6) is 0 Å². The van der Waals surface area contributed by atoms with Gasteiger partial charge in [-0.3, -0.25) is 4.79 Å². The molecule has 0 aliphatic heterocycles. The Labute approximate surface area is 134 Å². The molecule has 0 fully saturated rings. The molecule has 1 atom stereocenters. The van der Waals surface area contributed by atoms with Crippen LogP contribution in [0.1, 0.15) is 23.7 Å². The van der Waals surface area contributed by atoms with Crippen molar-refractivity contribution < 1.29 is 14.3 Å². The predicted molar refractivity (Wildman–Crippen MR) is 84.6 cm³/mol. The number of anilines is 1. The van der Waals surface area contributed by atoms with Gasteiger partial charge in [-0.2, -0.15) is 0 Å². The molecule has 3 N–H and O–H groups in total. The third-order valence-electron chi connectivity index (χ3n) is 2.66. The first-order valence-corrected chi connectivity index (χ1v) is 7.54. The van der Waals surface area contributed by atoms with Crippen molar-refractivity contribution in [3.05, 3.63) is 26.6 Å². The molecule has 0 aliphatic rings. The van der Waals surface area contributed by atoms with Crippen LogP contribution >= 0.6 is 31.9 Å². The zero-order chi connectivity index (χ0) is 15.3. The molecule has 0 saturated heterocycles. The van der Waals surface area contributed by atoms with E-state index in [2.05, 4.69) is 37.2 Å². The van der Waals surface area contributed by atoms with Crippen LogP contribution in [0.25, 0.3) is 0 Å². The van der Waals surface area contributed by atoms with Gasteiger partial charge in [-0.1, -0.05) is 22.9 Å². The van der Waals surface area contributed by atoms with Gasteiger partial charge in [-0.15, -0.1) is 0 Å². The molecule has 0 saturated carbocycles. The van der Waals surface area contributed by atoms with E-state index in [0.717, 1.165) is 0 Å². The van der Waals surface area contributed by atoms with Crippen molar-refractivity contribution in [3.8, 4) is 0 Å². The monoisotopic (exact) mass is 406 g/mol. The molecule has 110 valence electrons. The maximum Gasteiger partial charge on any atom is 0.340 e.